The summed E-state index contributed by atoms with van der Waals surface area (Å²) in [4.78, 5) is 6.91. The van der Waals surface area contributed by atoms with Crippen molar-refractivity contribution in [2.24, 2.45) is 0 Å². The maximum atomic E-state index is 13.2. The number of rotatable bonds is 3. The minimum atomic E-state index is -4.78. The van der Waals surface area contributed by atoms with Gasteiger partial charge in [0.1, 0.15) is 5.15 Å². The molecule has 0 aliphatic rings. The van der Waals surface area contributed by atoms with Gasteiger partial charge in [0.15, 0.2) is 0 Å². The number of alkyl halides is 3. The van der Waals surface area contributed by atoms with Crippen LogP contribution in [0.25, 0.3) is 22.4 Å². The van der Waals surface area contributed by atoms with Crippen LogP contribution in [0.1, 0.15) is 11.4 Å². The first-order chi connectivity index (χ1) is 14.4. The summed E-state index contributed by atoms with van der Waals surface area (Å²) < 4.78 is 79.0. The van der Waals surface area contributed by atoms with Gasteiger partial charge in [0.2, 0.25) is 5.82 Å². The second-order valence-corrected chi connectivity index (χ2v) is 9.02. The van der Waals surface area contributed by atoms with Crippen LogP contribution in [0.15, 0.2) is 53.4 Å². The molecule has 6 nitrogen and oxygen atoms in total. The van der Waals surface area contributed by atoms with E-state index in [1.165, 1.54) is 24.3 Å². The molecule has 0 aliphatic carbocycles. The Hall–Kier alpha value is -2.34. The highest BCUT2D eigenvalue weighted by molar-refractivity contribution is 8.13. The van der Waals surface area contributed by atoms with E-state index < -0.39 is 37.8 Å². The van der Waals surface area contributed by atoms with E-state index in [0.717, 1.165) is 5.56 Å². The molecule has 1 aromatic heterocycles. The number of aromatic nitrogens is 2. The van der Waals surface area contributed by atoms with Crippen molar-refractivity contribution in [3.8, 4) is 22.4 Å². The minimum absolute atomic E-state index is 0.0196. The van der Waals surface area contributed by atoms with Crippen molar-refractivity contribution in [2.75, 3.05) is 0 Å². The van der Waals surface area contributed by atoms with E-state index in [1.807, 2.05) is 6.92 Å². The van der Waals surface area contributed by atoms with Crippen LogP contribution in [-0.4, -0.2) is 26.8 Å². The van der Waals surface area contributed by atoms with E-state index >= 15 is 0 Å². The van der Waals surface area contributed by atoms with Crippen molar-refractivity contribution in [1.82, 2.24) is 9.97 Å². The van der Waals surface area contributed by atoms with Gasteiger partial charge in [-0.1, -0.05) is 53.6 Å². The fourth-order valence-corrected chi connectivity index (χ4v) is 3.57. The summed E-state index contributed by atoms with van der Waals surface area (Å²) in [6, 6.07) is 11.9. The Kier molecular flexibility index (Phi) is 7.93. The Morgan fingerprint density at radius 1 is 0.903 bits per heavy atom. The first kappa shape index (κ1) is 24.9. The third-order valence-corrected chi connectivity index (χ3v) is 5.51. The third kappa shape index (κ3) is 6.33. The predicted molar refractivity (Wildman–Crippen MR) is 110 cm³/mol. The first-order valence-corrected chi connectivity index (χ1v) is 11.4. The number of benzene rings is 2. The lowest BCUT2D eigenvalue weighted by Gasteiger charge is -2.14. The summed E-state index contributed by atoms with van der Waals surface area (Å²) in [7, 11) is 1.35. The van der Waals surface area contributed by atoms with Crippen molar-refractivity contribution in [3.05, 3.63) is 65.1 Å². The average molecular weight is 511 g/mol. The van der Waals surface area contributed by atoms with Crippen molar-refractivity contribution in [1.29, 1.82) is 0 Å². The molecule has 0 unspecified atom stereocenters. The molecule has 0 bridgehead atoms. The molecule has 0 fully saturated rings. The number of aryl methyl sites for hydroxylation is 1. The molecule has 1 heterocycles. The highest BCUT2D eigenvalue weighted by Crippen LogP contribution is 2.39. The topological polar surface area (TPSA) is 94.1 Å². The lowest BCUT2D eigenvalue weighted by Crippen LogP contribution is -2.12. The molecule has 0 radical (unpaired) electrons. The Balaban J connectivity index is 0.00000107. The van der Waals surface area contributed by atoms with Crippen molar-refractivity contribution in [3.63, 3.8) is 0 Å². The summed E-state index contributed by atoms with van der Waals surface area (Å²) in [5.74, 6) is -1.36. The quantitative estimate of drug-likeness (QED) is 0.361. The van der Waals surface area contributed by atoms with Gasteiger partial charge in [-0.25, -0.2) is 18.4 Å². The fourth-order valence-electron chi connectivity index (χ4n) is 2.52. The summed E-state index contributed by atoms with van der Waals surface area (Å²) in [6.45, 7) is 1.84. The van der Waals surface area contributed by atoms with Gasteiger partial charge in [-0.2, -0.15) is 21.6 Å². The third-order valence-electron chi connectivity index (χ3n) is 3.87. The molecule has 13 heteroatoms. The van der Waals surface area contributed by atoms with Crippen LogP contribution in [0.2, 0.25) is 5.15 Å². The van der Waals surface area contributed by atoms with Crippen LogP contribution < -0.4 is 0 Å². The average Bonchev–Trinajstić information content (AvgIpc) is 2.67. The van der Waals surface area contributed by atoms with Gasteiger partial charge < -0.3 is 0 Å². The first-order valence-electron chi connectivity index (χ1n) is 8.07. The fraction of sp³-hybridized carbons (Fsp3) is 0.111. The summed E-state index contributed by atoms with van der Waals surface area (Å²) in [5, 5.41) is -0.403. The van der Waals surface area contributed by atoms with Gasteiger partial charge in [-0.3, -0.25) is 0 Å². The predicted octanol–water partition coefficient (Wildman–Crippen LogP) is 5.05. The Bertz CT molecular complexity index is 1230. The van der Waals surface area contributed by atoms with Gasteiger partial charge in [0, 0.05) is 21.8 Å². The number of halogens is 5. The van der Waals surface area contributed by atoms with Crippen LogP contribution in [0.5, 0.6) is 0 Å². The number of hydrogen-bond donors (Lipinski definition) is 0. The van der Waals surface area contributed by atoms with E-state index in [2.05, 4.69) is 9.97 Å². The van der Waals surface area contributed by atoms with Gasteiger partial charge in [0.05, 0.1) is 10.6 Å². The number of nitrogens with zero attached hydrogens (tertiary/aromatic N) is 2. The molecule has 164 valence electrons. The van der Waals surface area contributed by atoms with E-state index in [9.17, 15) is 21.6 Å². The summed E-state index contributed by atoms with van der Waals surface area (Å²) >= 11 is 5.34. The van der Waals surface area contributed by atoms with E-state index in [-0.39, 0.29) is 16.2 Å². The zero-order valence-electron chi connectivity index (χ0n) is 15.4. The van der Waals surface area contributed by atoms with Gasteiger partial charge in [0.25, 0.3) is 9.05 Å². The molecular formula is C18H11Cl2F3N2O4S2. The zero-order valence-corrected chi connectivity index (χ0v) is 18.5. The molecule has 0 amide bonds. The maximum Gasteiger partial charge on any atom is 0.451 e. The molecule has 31 heavy (non-hydrogen) atoms. The van der Waals surface area contributed by atoms with E-state index in [1.54, 1.807) is 24.3 Å². The summed E-state index contributed by atoms with van der Waals surface area (Å²) in [6.07, 6.45) is -4.78. The minimum Gasteiger partial charge on any atom is -0.224 e. The Morgan fingerprint density at radius 2 is 1.39 bits per heavy atom. The molecule has 0 saturated heterocycles. The Morgan fingerprint density at radius 3 is 1.84 bits per heavy atom. The molecule has 0 aliphatic heterocycles. The SMILES string of the molecule is Cc1ccc(-c2nc(C(F)(F)F)nc(Cl)c2-c2ccc(S(=O)(=O)Cl)cc2)cc1.O=S=O. The molecule has 3 aromatic rings. The molecule has 0 saturated carbocycles. The molecule has 0 N–H and O–H groups in total. The highest BCUT2D eigenvalue weighted by Gasteiger charge is 2.36. The van der Waals surface area contributed by atoms with Crippen LogP contribution in [0, 0.1) is 6.92 Å². The lowest BCUT2D eigenvalue weighted by molar-refractivity contribution is -0.144. The van der Waals surface area contributed by atoms with Crippen LogP contribution >= 0.6 is 22.3 Å². The van der Waals surface area contributed by atoms with Crippen LogP contribution in [0.3, 0.4) is 0 Å². The molecule has 0 atom stereocenters. The van der Waals surface area contributed by atoms with Crippen molar-refractivity contribution < 1.29 is 30.0 Å². The Labute approximate surface area is 188 Å². The van der Waals surface area contributed by atoms with Crippen LogP contribution in [0.4, 0.5) is 13.2 Å². The zero-order chi connectivity index (χ0) is 23.4. The standard InChI is InChI=1S/C18H11Cl2F3N2O2S.O2S/c1-10-2-4-12(5-3-10)15-14(16(19)25-17(24-15)18(21,22)23)11-6-8-13(9-7-11)28(20,26)27;1-3-2/h2-9H,1H3;. The van der Waals surface area contributed by atoms with Crippen molar-refractivity contribution >= 4 is 42.9 Å². The molecule has 2 aromatic carbocycles. The smallest absolute Gasteiger partial charge is 0.224 e. The lowest BCUT2D eigenvalue weighted by atomic mass is 10.00. The van der Waals surface area contributed by atoms with E-state index in [0.29, 0.717) is 11.1 Å². The van der Waals surface area contributed by atoms with Crippen molar-refractivity contribution in [2.45, 2.75) is 18.0 Å². The van der Waals surface area contributed by atoms with Gasteiger partial charge >= 0.3 is 17.7 Å². The second kappa shape index (κ2) is 9.86. The van der Waals surface area contributed by atoms with Crippen LogP contribution in [-0.2, 0) is 26.8 Å². The second-order valence-electron chi connectivity index (χ2n) is 5.96. The van der Waals surface area contributed by atoms with Gasteiger partial charge in [-0.05, 0) is 24.6 Å². The summed E-state index contributed by atoms with van der Waals surface area (Å²) in [5.41, 5.74) is 1.80. The maximum absolute atomic E-state index is 13.2. The van der Waals surface area contributed by atoms with Gasteiger partial charge in [-0.15, -0.1) is 0 Å². The highest BCUT2D eigenvalue weighted by atomic mass is 35.7. The number of hydrogen-bond acceptors (Lipinski definition) is 6. The normalized spacial score (nSPS) is 11.4. The monoisotopic (exact) mass is 510 g/mol. The molecule has 3 rings (SSSR count). The molecular weight excluding hydrogens is 500 g/mol. The van der Waals surface area contributed by atoms with E-state index in [4.69, 9.17) is 30.7 Å². The molecule has 0 spiro atoms. The largest absolute Gasteiger partial charge is 0.451 e.